The van der Waals surface area contributed by atoms with Crippen LogP contribution in [0.2, 0.25) is 10.0 Å². The van der Waals surface area contributed by atoms with Gasteiger partial charge in [0.25, 0.3) is 5.89 Å². The summed E-state index contributed by atoms with van der Waals surface area (Å²) in [5.41, 5.74) is 1.42. The number of hydrogen-bond acceptors (Lipinski definition) is 7. The molecule has 0 saturated heterocycles. The molecule has 3 aromatic rings. The van der Waals surface area contributed by atoms with Gasteiger partial charge in [0.1, 0.15) is 11.5 Å². The van der Waals surface area contributed by atoms with E-state index in [1.54, 1.807) is 24.3 Å². The zero-order valence-electron chi connectivity index (χ0n) is 13.1. The summed E-state index contributed by atoms with van der Waals surface area (Å²) in [5, 5.41) is 10.1. The number of nitrogens with zero attached hydrogens (tertiary/aromatic N) is 2. The largest absolute Gasteiger partial charge is 0.464 e. The van der Waals surface area contributed by atoms with E-state index in [0.29, 0.717) is 34.0 Å². The molecule has 0 aliphatic heterocycles. The minimum Gasteiger partial charge on any atom is -0.464 e. The van der Waals surface area contributed by atoms with Gasteiger partial charge in [-0.15, -0.1) is 11.3 Å². The molecule has 0 fully saturated rings. The first-order valence-corrected chi connectivity index (χ1v) is 8.92. The maximum Gasteiger partial charge on any atom is 0.302 e. The van der Waals surface area contributed by atoms with Crippen LogP contribution in [0.4, 0.5) is 5.69 Å². The maximum atomic E-state index is 10.8. The van der Waals surface area contributed by atoms with Gasteiger partial charge in [0.2, 0.25) is 5.82 Å². The normalized spacial score (nSPS) is 10.7. The Morgan fingerprint density at radius 1 is 1.32 bits per heavy atom. The predicted molar refractivity (Wildman–Crippen MR) is 98.2 cm³/mol. The van der Waals surface area contributed by atoms with Crippen molar-refractivity contribution in [3.8, 4) is 22.2 Å². The number of rotatable bonds is 6. The van der Waals surface area contributed by atoms with Crippen molar-refractivity contribution in [2.45, 2.75) is 6.92 Å². The van der Waals surface area contributed by atoms with Gasteiger partial charge in [0.15, 0.2) is 0 Å². The molecule has 0 aliphatic carbocycles. The lowest BCUT2D eigenvalue weighted by atomic mass is 10.2. The number of aromatic nitrogens is 2. The van der Waals surface area contributed by atoms with Crippen LogP contribution >= 0.6 is 34.5 Å². The SMILES string of the molecule is CC(=O)OCCNc1cc(-c2noc(-c3sccc3Cl)n2)ccc1Cl. The van der Waals surface area contributed by atoms with Crippen LogP contribution in [0.25, 0.3) is 22.2 Å². The lowest BCUT2D eigenvalue weighted by molar-refractivity contribution is -0.140. The number of hydrogen-bond donors (Lipinski definition) is 1. The third-order valence-corrected chi connectivity index (χ3v) is 4.84. The third kappa shape index (κ3) is 4.31. The van der Waals surface area contributed by atoms with Crippen LogP contribution in [0.15, 0.2) is 34.2 Å². The Bertz CT molecular complexity index is 894. The van der Waals surface area contributed by atoms with Crippen molar-refractivity contribution in [2.24, 2.45) is 0 Å². The standard InChI is InChI=1S/C16H13Cl2N3O3S/c1-9(22)23-6-5-19-13-8-10(2-3-11(13)17)15-20-16(24-21-15)14-12(18)4-7-25-14/h2-4,7-8,19H,5-6H2,1H3. The number of benzene rings is 1. The van der Waals surface area contributed by atoms with Crippen molar-refractivity contribution >= 4 is 46.2 Å². The minimum absolute atomic E-state index is 0.249. The van der Waals surface area contributed by atoms with Gasteiger partial charge >= 0.3 is 5.97 Å². The maximum absolute atomic E-state index is 10.8. The summed E-state index contributed by atoms with van der Waals surface area (Å²) < 4.78 is 10.2. The van der Waals surface area contributed by atoms with Crippen molar-refractivity contribution in [1.29, 1.82) is 0 Å². The second kappa shape index (κ2) is 7.86. The molecule has 130 valence electrons. The van der Waals surface area contributed by atoms with Crippen LogP contribution in [0.1, 0.15) is 6.92 Å². The second-order valence-corrected chi connectivity index (χ2v) is 6.71. The molecule has 2 heterocycles. The molecule has 0 unspecified atom stereocenters. The monoisotopic (exact) mass is 397 g/mol. The Hall–Kier alpha value is -2.09. The van der Waals surface area contributed by atoms with E-state index >= 15 is 0 Å². The van der Waals surface area contributed by atoms with Crippen LogP contribution < -0.4 is 5.32 Å². The van der Waals surface area contributed by atoms with Gasteiger partial charge in [-0.2, -0.15) is 4.98 Å². The van der Waals surface area contributed by atoms with Gasteiger partial charge in [-0.1, -0.05) is 28.4 Å². The van der Waals surface area contributed by atoms with E-state index in [0.717, 1.165) is 10.4 Å². The van der Waals surface area contributed by atoms with Crippen LogP contribution in [0, 0.1) is 0 Å². The summed E-state index contributed by atoms with van der Waals surface area (Å²) in [6, 6.07) is 7.11. The molecule has 0 amide bonds. The van der Waals surface area contributed by atoms with Crippen LogP contribution in [-0.2, 0) is 9.53 Å². The number of esters is 1. The predicted octanol–water partition coefficient (Wildman–Crippen LogP) is 4.75. The quantitative estimate of drug-likeness (QED) is 0.477. The molecule has 0 aliphatic rings. The second-order valence-electron chi connectivity index (χ2n) is 4.98. The highest BCUT2D eigenvalue weighted by atomic mass is 35.5. The molecule has 0 atom stereocenters. The molecule has 0 saturated carbocycles. The molecular weight excluding hydrogens is 385 g/mol. The van der Waals surface area contributed by atoms with E-state index in [1.807, 2.05) is 5.38 Å². The fourth-order valence-electron chi connectivity index (χ4n) is 2.06. The Balaban J connectivity index is 1.77. The molecule has 1 N–H and O–H groups in total. The number of carbonyl (C=O) groups is 1. The van der Waals surface area contributed by atoms with E-state index in [9.17, 15) is 4.79 Å². The molecule has 9 heteroatoms. The van der Waals surface area contributed by atoms with Crippen LogP contribution in [0.5, 0.6) is 0 Å². The fourth-order valence-corrected chi connectivity index (χ4v) is 3.30. The summed E-state index contributed by atoms with van der Waals surface area (Å²) in [6.07, 6.45) is 0. The van der Waals surface area contributed by atoms with Crippen molar-refractivity contribution in [1.82, 2.24) is 10.1 Å². The molecule has 6 nitrogen and oxygen atoms in total. The lowest BCUT2D eigenvalue weighted by Gasteiger charge is -2.09. The van der Waals surface area contributed by atoms with Gasteiger partial charge in [-0.05, 0) is 29.6 Å². The van der Waals surface area contributed by atoms with Crippen LogP contribution in [-0.4, -0.2) is 29.3 Å². The lowest BCUT2D eigenvalue weighted by Crippen LogP contribution is -2.12. The third-order valence-electron chi connectivity index (χ3n) is 3.18. The summed E-state index contributed by atoms with van der Waals surface area (Å²) in [7, 11) is 0. The van der Waals surface area contributed by atoms with E-state index in [-0.39, 0.29) is 12.6 Å². The number of ether oxygens (including phenoxy) is 1. The highest BCUT2D eigenvalue weighted by molar-refractivity contribution is 7.14. The van der Waals surface area contributed by atoms with Crippen molar-refractivity contribution < 1.29 is 14.1 Å². The summed E-state index contributed by atoms with van der Waals surface area (Å²) in [5.74, 6) is 0.474. The number of halogens is 2. The zero-order valence-corrected chi connectivity index (χ0v) is 15.4. The Morgan fingerprint density at radius 3 is 2.88 bits per heavy atom. The summed E-state index contributed by atoms with van der Waals surface area (Å²) >= 11 is 13.7. The molecule has 0 radical (unpaired) electrons. The molecule has 1 aromatic carbocycles. The average Bonchev–Trinajstić information content (AvgIpc) is 3.21. The summed E-state index contributed by atoms with van der Waals surface area (Å²) in [6.45, 7) is 2.05. The van der Waals surface area contributed by atoms with Crippen molar-refractivity contribution in [3.05, 3.63) is 39.7 Å². The molecular formula is C16H13Cl2N3O3S. The molecule has 2 aromatic heterocycles. The highest BCUT2D eigenvalue weighted by Crippen LogP contribution is 2.34. The summed E-state index contributed by atoms with van der Waals surface area (Å²) in [4.78, 5) is 15.9. The van der Waals surface area contributed by atoms with Crippen LogP contribution in [0.3, 0.4) is 0 Å². The van der Waals surface area contributed by atoms with Gasteiger partial charge in [-0.3, -0.25) is 4.79 Å². The van der Waals surface area contributed by atoms with Crippen molar-refractivity contribution in [2.75, 3.05) is 18.5 Å². The molecule has 25 heavy (non-hydrogen) atoms. The minimum atomic E-state index is -0.326. The molecule has 0 bridgehead atoms. The fraction of sp³-hybridized carbons (Fsp3) is 0.188. The number of nitrogens with one attached hydrogen (secondary N) is 1. The van der Waals surface area contributed by atoms with E-state index in [1.165, 1.54) is 18.3 Å². The first-order valence-electron chi connectivity index (χ1n) is 7.29. The number of thiophene rings is 1. The smallest absolute Gasteiger partial charge is 0.302 e. The Kier molecular flexibility index (Phi) is 5.57. The first kappa shape index (κ1) is 17.7. The van der Waals surface area contributed by atoms with E-state index < -0.39 is 0 Å². The van der Waals surface area contributed by atoms with Crippen molar-refractivity contribution in [3.63, 3.8) is 0 Å². The number of anilines is 1. The topological polar surface area (TPSA) is 77.2 Å². The van der Waals surface area contributed by atoms with Gasteiger partial charge in [0.05, 0.1) is 15.7 Å². The van der Waals surface area contributed by atoms with Gasteiger partial charge < -0.3 is 14.6 Å². The first-order chi connectivity index (χ1) is 12.0. The Labute approximate surface area is 157 Å². The van der Waals surface area contributed by atoms with E-state index in [4.69, 9.17) is 32.5 Å². The van der Waals surface area contributed by atoms with Gasteiger partial charge in [0, 0.05) is 19.0 Å². The van der Waals surface area contributed by atoms with E-state index in [2.05, 4.69) is 15.5 Å². The molecule has 0 spiro atoms. The van der Waals surface area contributed by atoms with Gasteiger partial charge in [-0.25, -0.2) is 0 Å². The zero-order chi connectivity index (χ0) is 17.8. The average molecular weight is 398 g/mol. The Morgan fingerprint density at radius 2 is 2.16 bits per heavy atom. The number of carbonyl (C=O) groups excluding carboxylic acids is 1. The molecule has 3 rings (SSSR count). The highest BCUT2D eigenvalue weighted by Gasteiger charge is 2.15.